The Hall–Kier alpha value is -0.580. The highest BCUT2D eigenvalue weighted by atomic mass is 79.9. The molecule has 1 N–H and O–H groups in total. The van der Waals surface area contributed by atoms with Crippen LogP contribution in [0.25, 0.3) is 0 Å². The van der Waals surface area contributed by atoms with Crippen LogP contribution < -0.4 is 4.74 Å². The minimum absolute atomic E-state index is 0.235. The molecular formula is C14H22BrNO2. The summed E-state index contributed by atoms with van der Waals surface area (Å²) in [6.07, 6.45) is 0.800. The Kier molecular flexibility index (Phi) is 6.68. The van der Waals surface area contributed by atoms with Gasteiger partial charge in [-0.05, 0) is 38.5 Å². The van der Waals surface area contributed by atoms with Crippen molar-refractivity contribution in [2.24, 2.45) is 0 Å². The van der Waals surface area contributed by atoms with Crippen LogP contribution in [-0.2, 0) is 6.54 Å². The number of aliphatic hydroxyl groups is 1. The number of aliphatic hydroxyl groups excluding tert-OH is 1. The van der Waals surface area contributed by atoms with Crippen LogP contribution in [0.3, 0.4) is 0 Å². The standard InChI is InChI=1S/C14H22BrNO2/c1-11(2)16(7-4-8-17)10-12-9-13(15)5-6-14(12)18-3/h5-6,9,11,17H,4,7-8,10H2,1-3H3. The third-order valence-corrected chi connectivity index (χ3v) is 3.44. The van der Waals surface area contributed by atoms with Gasteiger partial charge in [-0.15, -0.1) is 0 Å². The van der Waals surface area contributed by atoms with Crippen molar-refractivity contribution in [3.05, 3.63) is 28.2 Å². The second kappa shape index (κ2) is 7.77. The van der Waals surface area contributed by atoms with Crippen LogP contribution >= 0.6 is 15.9 Å². The average molecular weight is 316 g/mol. The molecule has 0 fully saturated rings. The fourth-order valence-electron chi connectivity index (χ4n) is 1.88. The summed E-state index contributed by atoms with van der Waals surface area (Å²) in [7, 11) is 1.69. The van der Waals surface area contributed by atoms with E-state index in [1.54, 1.807) is 7.11 Å². The number of halogens is 1. The molecule has 0 unspecified atom stereocenters. The smallest absolute Gasteiger partial charge is 0.123 e. The van der Waals surface area contributed by atoms with E-state index in [1.807, 2.05) is 12.1 Å². The van der Waals surface area contributed by atoms with Crippen LogP contribution in [0.5, 0.6) is 5.75 Å². The highest BCUT2D eigenvalue weighted by Crippen LogP contribution is 2.25. The van der Waals surface area contributed by atoms with Crippen LogP contribution in [-0.4, -0.2) is 36.3 Å². The Labute approximate surface area is 118 Å². The van der Waals surface area contributed by atoms with Gasteiger partial charge in [-0.2, -0.15) is 0 Å². The summed E-state index contributed by atoms with van der Waals surface area (Å²) in [4.78, 5) is 2.33. The number of methoxy groups -OCH3 is 1. The summed E-state index contributed by atoms with van der Waals surface area (Å²) in [6.45, 7) is 6.30. The van der Waals surface area contributed by atoms with E-state index >= 15 is 0 Å². The fourth-order valence-corrected chi connectivity index (χ4v) is 2.29. The molecule has 1 aromatic carbocycles. The van der Waals surface area contributed by atoms with Crippen LogP contribution in [0.4, 0.5) is 0 Å². The number of nitrogens with zero attached hydrogens (tertiary/aromatic N) is 1. The molecule has 1 aromatic rings. The van der Waals surface area contributed by atoms with Crippen molar-refractivity contribution in [2.45, 2.75) is 32.9 Å². The molecule has 0 aliphatic heterocycles. The summed E-state index contributed by atoms with van der Waals surface area (Å²) >= 11 is 3.49. The van der Waals surface area contributed by atoms with Gasteiger partial charge in [0.1, 0.15) is 5.75 Å². The lowest BCUT2D eigenvalue weighted by atomic mass is 10.1. The highest BCUT2D eigenvalue weighted by Gasteiger charge is 2.13. The van der Waals surface area contributed by atoms with Crippen molar-refractivity contribution in [3.8, 4) is 5.75 Å². The Morgan fingerprint density at radius 1 is 1.39 bits per heavy atom. The first-order chi connectivity index (χ1) is 8.58. The Balaban J connectivity index is 2.81. The van der Waals surface area contributed by atoms with Gasteiger partial charge in [-0.3, -0.25) is 4.90 Å². The first-order valence-corrected chi connectivity index (χ1v) is 7.05. The van der Waals surface area contributed by atoms with E-state index in [9.17, 15) is 0 Å². The highest BCUT2D eigenvalue weighted by molar-refractivity contribution is 9.10. The molecule has 102 valence electrons. The minimum Gasteiger partial charge on any atom is -0.496 e. The number of benzene rings is 1. The molecule has 0 spiro atoms. The number of ether oxygens (including phenoxy) is 1. The molecule has 0 aliphatic carbocycles. The molecule has 0 heterocycles. The molecule has 0 atom stereocenters. The predicted octanol–water partition coefficient (Wildman–Crippen LogP) is 3.05. The Bertz CT molecular complexity index is 369. The van der Waals surface area contributed by atoms with Gasteiger partial charge in [0.05, 0.1) is 7.11 Å². The summed E-state index contributed by atoms with van der Waals surface area (Å²) < 4.78 is 6.45. The first-order valence-electron chi connectivity index (χ1n) is 6.25. The maximum atomic E-state index is 8.95. The molecule has 0 aliphatic rings. The van der Waals surface area contributed by atoms with Crippen molar-refractivity contribution in [1.29, 1.82) is 0 Å². The second-order valence-electron chi connectivity index (χ2n) is 4.60. The summed E-state index contributed by atoms with van der Waals surface area (Å²) in [6, 6.07) is 6.49. The predicted molar refractivity (Wildman–Crippen MR) is 77.9 cm³/mol. The maximum Gasteiger partial charge on any atom is 0.123 e. The molecule has 0 saturated heterocycles. The van der Waals surface area contributed by atoms with Gasteiger partial charge in [-0.1, -0.05) is 15.9 Å². The molecule has 0 radical (unpaired) electrons. The van der Waals surface area contributed by atoms with E-state index in [-0.39, 0.29) is 6.61 Å². The van der Waals surface area contributed by atoms with Crippen LogP contribution in [0.2, 0.25) is 0 Å². The summed E-state index contributed by atoms with van der Waals surface area (Å²) in [5, 5.41) is 8.95. The molecule has 18 heavy (non-hydrogen) atoms. The third kappa shape index (κ3) is 4.59. The number of hydrogen-bond acceptors (Lipinski definition) is 3. The van der Waals surface area contributed by atoms with Gasteiger partial charge in [0.15, 0.2) is 0 Å². The zero-order valence-electron chi connectivity index (χ0n) is 11.3. The van der Waals surface area contributed by atoms with Gasteiger partial charge in [0.2, 0.25) is 0 Å². The van der Waals surface area contributed by atoms with Crippen LogP contribution in [0.1, 0.15) is 25.8 Å². The average Bonchev–Trinajstić information content (AvgIpc) is 2.34. The molecule has 4 heteroatoms. The monoisotopic (exact) mass is 315 g/mol. The van der Waals surface area contributed by atoms with Crippen LogP contribution in [0, 0.1) is 0 Å². The maximum absolute atomic E-state index is 8.95. The quantitative estimate of drug-likeness (QED) is 0.839. The first kappa shape index (κ1) is 15.5. The Morgan fingerprint density at radius 3 is 2.67 bits per heavy atom. The normalized spacial score (nSPS) is 11.3. The van der Waals surface area contributed by atoms with Gasteiger partial charge >= 0.3 is 0 Å². The number of rotatable bonds is 7. The minimum atomic E-state index is 0.235. The SMILES string of the molecule is COc1ccc(Br)cc1CN(CCCO)C(C)C. The fraction of sp³-hybridized carbons (Fsp3) is 0.571. The largest absolute Gasteiger partial charge is 0.496 e. The zero-order valence-corrected chi connectivity index (χ0v) is 12.9. The van der Waals surface area contributed by atoms with E-state index < -0.39 is 0 Å². The molecule has 1 rings (SSSR count). The van der Waals surface area contributed by atoms with Crippen molar-refractivity contribution in [1.82, 2.24) is 4.90 Å². The molecule has 3 nitrogen and oxygen atoms in total. The summed E-state index contributed by atoms with van der Waals surface area (Å²) in [5.41, 5.74) is 1.17. The molecule has 0 aromatic heterocycles. The van der Waals surface area contributed by atoms with Gasteiger partial charge in [-0.25, -0.2) is 0 Å². The molecule has 0 amide bonds. The zero-order chi connectivity index (χ0) is 13.5. The van der Waals surface area contributed by atoms with E-state index in [0.29, 0.717) is 6.04 Å². The van der Waals surface area contributed by atoms with E-state index in [0.717, 1.165) is 29.7 Å². The molecule has 0 bridgehead atoms. The van der Waals surface area contributed by atoms with Crippen molar-refractivity contribution < 1.29 is 9.84 Å². The lowest BCUT2D eigenvalue weighted by Gasteiger charge is -2.27. The van der Waals surface area contributed by atoms with Gasteiger partial charge in [0, 0.05) is 35.8 Å². The van der Waals surface area contributed by atoms with Crippen molar-refractivity contribution in [3.63, 3.8) is 0 Å². The van der Waals surface area contributed by atoms with E-state index in [4.69, 9.17) is 9.84 Å². The topological polar surface area (TPSA) is 32.7 Å². The van der Waals surface area contributed by atoms with Crippen molar-refractivity contribution in [2.75, 3.05) is 20.3 Å². The lowest BCUT2D eigenvalue weighted by molar-refractivity contribution is 0.183. The van der Waals surface area contributed by atoms with E-state index in [1.165, 1.54) is 5.56 Å². The third-order valence-electron chi connectivity index (χ3n) is 2.95. The summed E-state index contributed by atoms with van der Waals surface area (Å²) in [5.74, 6) is 0.910. The van der Waals surface area contributed by atoms with Crippen LogP contribution in [0.15, 0.2) is 22.7 Å². The van der Waals surface area contributed by atoms with E-state index in [2.05, 4.69) is 40.7 Å². The molecule has 0 saturated carbocycles. The second-order valence-corrected chi connectivity index (χ2v) is 5.51. The molecular weight excluding hydrogens is 294 g/mol. The lowest BCUT2D eigenvalue weighted by Crippen LogP contribution is -2.31. The van der Waals surface area contributed by atoms with Gasteiger partial charge < -0.3 is 9.84 Å². The Morgan fingerprint density at radius 2 is 2.11 bits per heavy atom. The van der Waals surface area contributed by atoms with Gasteiger partial charge in [0.25, 0.3) is 0 Å². The number of hydrogen-bond donors (Lipinski definition) is 1. The van der Waals surface area contributed by atoms with Crippen molar-refractivity contribution >= 4 is 15.9 Å².